The standard InChI is InChI=1S/C15H14N2O3/c1-3-20-15(19)13-9-12(16-10(2)17-13)14(18)11-7-5-4-6-8-11/h4-9H,3H2,1-2H3. The number of benzene rings is 1. The highest BCUT2D eigenvalue weighted by Gasteiger charge is 2.16. The Morgan fingerprint density at radius 1 is 1.10 bits per heavy atom. The minimum absolute atomic E-state index is 0.0960. The number of aryl methyl sites for hydroxylation is 1. The number of hydrogen-bond acceptors (Lipinski definition) is 5. The Morgan fingerprint density at radius 2 is 1.75 bits per heavy atom. The first-order valence-electron chi connectivity index (χ1n) is 6.24. The summed E-state index contributed by atoms with van der Waals surface area (Å²) in [6, 6.07) is 10.1. The minimum atomic E-state index is -0.555. The van der Waals surface area contributed by atoms with Crippen LogP contribution in [0.3, 0.4) is 0 Å². The van der Waals surface area contributed by atoms with E-state index in [9.17, 15) is 9.59 Å². The van der Waals surface area contributed by atoms with Crippen molar-refractivity contribution in [3.8, 4) is 0 Å². The smallest absolute Gasteiger partial charge is 0.357 e. The third kappa shape index (κ3) is 3.06. The number of ether oxygens (including phenoxy) is 1. The summed E-state index contributed by atoms with van der Waals surface area (Å²) in [5.74, 6) is -0.448. The Kier molecular flexibility index (Phi) is 4.20. The van der Waals surface area contributed by atoms with Gasteiger partial charge >= 0.3 is 5.97 Å². The van der Waals surface area contributed by atoms with Gasteiger partial charge in [-0.2, -0.15) is 0 Å². The van der Waals surface area contributed by atoms with E-state index in [1.54, 1.807) is 38.1 Å². The number of rotatable bonds is 4. The van der Waals surface area contributed by atoms with Crippen LogP contribution < -0.4 is 0 Å². The zero-order chi connectivity index (χ0) is 14.5. The van der Waals surface area contributed by atoms with Crippen molar-refractivity contribution < 1.29 is 14.3 Å². The quantitative estimate of drug-likeness (QED) is 0.629. The molecule has 5 nitrogen and oxygen atoms in total. The van der Waals surface area contributed by atoms with Gasteiger partial charge in [0.15, 0.2) is 5.69 Å². The van der Waals surface area contributed by atoms with E-state index in [1.165, 1.54) is 6.07 Å². The molecule has 2 rings (SSSR count). The Hall–Kier alpha value is -2.56. The van der Waals surface area contributed by atoms with E-state index >= 15 is 0 Å². The van der Waals surface area contributed by atoms with Crippen LogP contribution in [0.1, 0.15) is 39.3 Å². The molecule has 5 heteroatoms. The molecule has 0 unspecified atom stereocenters. The van der Waals surface area contributed by atoms with Crippen LogP contribution in [0, 0.1) is 6.92 Å². The molecule has 0 fully saturated rings. The van der Waals surface area contributed by atoms with Gasteiger partial charge in [0.1, 0.15) is 11.5 Å². The van der Waals surface area contributed by atoms with Crippen LogP contribution >= 0.6 is 0 Å². The normalized spacial score (nSPS) is 10.1. The largest absolute Gasteiger partial charge is 0.461 e. The van der Waals surface area contributed by atoms with Crippen molar-refractivity contribution in [1.82, 2.24) is 9.97 Å². The third-order valence-corrected chi connectivity index (χ3v) is 2.59. The fraction of sp³-hybridized carbons (Fsp3) is 0.200. The molecule has 0 amide bonds. The second kappa shape index (κ2) is 6.06. The molecule has 0 saturated carbocycles. The summed E-state index contributed by atoms with van der Waals surface area (Å²) in [4.78, 5) is 32.0. The molecule has 0 atom stereocenters. The van der Waals surface area contributed by atoms with Gasteiger partial charge in [-0.05, 0) is 13.8 Å². The van der Waals surface area contributed by atoms with Gasteiger partial charge in [-0.3, -0.25) is 4.79 Å². The number of carbonyl (C=O) groups excluding carboxylic acids is 2. The summed E-state index contributed by atoms with van der Waals surface area (Å²) in [5, 5.41) is 0. The summed E-state index contributed by atoms with van der Waals surface area (Å²) >= 11 is 0. The van der Waals surface area contributed by atoms with E-state index in [4.69, 9.17) is 4.74 Å². The lowest BCUT2D eigenvalue weighted by molar-refractivity contribution is 0.0519. The molecule has 0 aliphatic heterocycles. The fourth-order valence-corrected chi connectivity index (χ4v) is 1.73. The van der Waals surface area contributed by atoms with Crippen LogP contribution in [0.25, 0.3) is 0 Å². The topological polar surface area (TPSA) is 69.2 Å². The Morgan fingerprint density at radius 3 is 2.40 bits per heavy atom. The average molecular weight is 270 g/mol. The van der Waals surface area contributed by atoms with Crippen molar-refractivity contribution in [1.29, 1.82) is 0 Å². The highest BCUT2D eigenvalue weighted by atomic mass is 16.5. The number of nitrogens with zero attached hydrogens (tertiary/aromatic N) is 2. The molecule has 0 aliphatic rings. The van der Waals surface area contributed by atoms with Crippen LogP contribution in [0.15, 0.2) is 36.4 Å². The van der Waals surface area contributed by atoms with Crippen LogP contribution in [0.5, 0.6) is 0 Å². The van der Waals surface area contributed by atoms with Gasteiger partial charge in [0, 0.05) is 11.6 Å². The zero-order valence-corrected chi connectivity index (χ0v) is 11.3. The predicted octanol–water partition coefficient (Wildman–Crippen LogP) is 2.19. The van der Waals surface area contributed by atoms with Gasteiger partial charge in [-0.15, -0.1) is 0 Å². The molecule has 0 N–H and O–H groups in total. The molecule has 1 aromatic carbocycles. The molecule has 0 saturated heterocycles. The highest BCUT2D eigenvalue weighted by Crippen LogP contribution is 2.10. The van der Waals surface area contributed by atoms with Gasteiger partial charge in [0.2, 0.25) is 5.78 Å². The van der Waals surface area contributed by atoms with Gasteiger partial charge in [-0.1, -0.05) is 30.3 Å². The monoisotopic (exact) mass is 270 g/mol. The fourth-order valence-electron chi connectivity index (χ4n) is 1.73. The Balaban J connectivity index is 2.38. The van der Waals surface area contributed by atoms with Crippen molar-refractivity contribution in [2.45, 2.75) is 13.8 Å². The van der Waals surface area contributed by atoms with Gasteiger partial charge < -0.3 is 4.74 Å². The lowest BCUT2D eigenvalue weighted by Crippen LogP contribution is -2.13. The molecule has 102 valence electrons. The first-order chi connectivity index (χ1) is 9.61. The molecule has 0 radical (unpaired) electrons. The summed E-state index contributed by atoms with van der Waals surface area (Å²) in [6.07, 6.45) is 0. The van der Waals surface area contributed by atoms with E-state index in [2.05, 4.69) is 9.97 Å². The lowest BCUT2D eigenvalue weighted by atomic mass is 10.1. The Bertz CT molecular complexity index is 639. The maximum atomic E-state index is 12.3. The zero-order valence-electron chi connectivity index (χ0n) is 11.3. The van der Waals surface area contributed by atoms with Crippen LogP contribution in [0.4, 0.5) is 0 Å². The number of hydrogen-bond donors (Lipinski definition) is 0. The maximum absolute atomic E-state index is 12.3. The molecule has 1 aromatic heterocycles. The molecular formula is C15H14N2O3. The molecule has 1 heterocycles. The summed E-state index contributed by atoms with van der Waals surface area (Å²) in [7, 11) is 0. The van der Waals surface area contributed by atoms with Gasteiger partial charge in [0.25, 0.3) is 0 Å². The van der Waals surface area contributed by atoms with Crippen molar-refractivity contribution in [3.63, 3.8) is 0 Å². The van der Waals surface area contributed by atoms with E-state index in [1.807, 2.05) is 6.07 Å². The highest BCUT2D eigenvalue weighted by molar-refractivity contribution is 6.08. The van der Waals surface area contributed by atoms with Crippen molar-refractivity contribution in [2.24, 2.45) is 0 Å². The summed E-state index contributed by atoms with van der Waals surface area (Å²) in [6.45, 7) is 3.59. The molecular weight excluding hydrogens is 256 g/mol. The number of esters is 1. The number of carbonyl (C=O) groups is 2. The number of ketones is 1. The van der Waals surface area contributed by atoms with Gasteiger partial charge in [0.05, 0.1) is 6.61 Å². The predicted molar refractivity (Wildman–Crippen MR) is 72.6 cm³/mol. The van der Waals surface area contributed by atoms with Crippen molar-refractivity contribution >= 4 is 11.8 Å². The van der Waals surface area contributed by atoms with Crippen molar-refractivity contribution in [3.05, 3.63) is 59.2 Å². The second-order valence-corrected chi connectivity index (χ2v) is 4.10. The van der Waals surface area contributed by atoms with Crippen LogP contribution in [-0.2, 0) is 4.74 Å². The molecule has 20 heavy (non-hydrogen) atoms. The first-order valence-corrected chi connectivity index (χ1v) is 6.24. The Labute approximate surface area is 116 Å². The van der Waals surface area contributed by atoms with E-state index < -0.39 is 5.97 Å². The minimum Gasteiger partial charge on any atom is -0.461 e. The number of aromatic nitrogens is 2. The van der Waals surface area contributed by atoms with E-state index in [-0.39, 0.29) is 23.8 Å². The first kappa shape index (κ1) is 13.9. The maximum Gasteiger partial charge on any atom is 0.357 e. The summed E-state index contributed by atoms with van der Waals surface area (Å²) < 4.78 is 4.88. The second-order valence-electron chi connectivity index (χ2n) is 4.10. The molecule has 2 aromatic rings. The van der Waals surface area contributed by atoms with Crippen LogP contribution in [0.2, 0.25) is 0 Å². The SMILES string of the molecule is CCOC(=O)c1cc(C(=O)c2ccccc2)nc(C)n1. The van der Waals surface area contributed by atoms with E-state index in [0.717, 1.165) is 0 Å². The summed E-state index contributed by atoms with van der Waals surface area (Å²) in [5.41, 5.74) is 0.797. The molecule has 0 aliphatic carbocycles. The average Bonchev–Trinajstić information content (AvgIpc) is 2.47. The lowest BCUT2D eigenvalue weighted by Gasteiger charge is -2.05. The molecule has 0 spiro atoms. The van der Waals surface area contributed by atoms with Crippen molar-refractivity contribution in [2.75, 3.05) is 6.61 Å². The van der Waals surface area contributed by atoms with Crippen LogP contribution in [-0.4, -0.2) is 28.3 Å². The van der Waals surface area contributed by atoms with E-state index in [0.29, 0.717) is 11.4 Å². The molecule has 0 bridgehead atoms. The third-order valence-electron chi connectivity index (χ3n) is 2.59. The van der Waals surface area contributed by atoms with Gasteiger partial charge in [-0.25, -0.2) is 14.8 Å².